The van der Waals surface area contributed by atoms with Gasteiger partial charge >= 0.3 is 15.6 Å². The maximum atomic E-state index is 8.88. The topological polar surface area (TPSA) is 156 Å². The molecule has 0 aromatic heterocycles. The van der Waals surface area contributed by atoms with Crippen molar-refractivity contribution >= 4 is 15.6 Å². The minimum atomic E-state index is -4.64. The minimum Gasteiger partial charge on any atom is -0.303 e. The zero-order chi connectivity index (χ0) is 9.00. The molecule has 0 atom stereocenters. The van der Waals surface area contributed by atoms with Crippen LogP contribution in [-0.4, -0.2) is 29.4 Å². The molecule has 0 amide bonds. The summed E-state index contributed by atoms with van der Waals surface area (Å²) in [6.07, 6.45) is 0. The maximum absolute atomic E-state index is 8.88. The van der Waals surface area contributed by atoms with Gasteiger partial charge in [0, 0.05) is 75.5 Å². The van der Waals surface area contributed by atoms with E-state index in [2.05, 4.69) is 0 Å². The van der Waals surface area contributed by atoms with Crippen LogP contribution in [0.2, 0.25) is 0 Å². The van der Waals surface area contributed by atoms with Crippen molar-refractivity contribution in [1.29, 1.82) is 0 Å². The first-order valence-corrected chi connectivity index (χ1v) is 4.70. The summed E-state index contributed by atoms with van der Waals surface area (Å²) in [5.41, 5.74) is 0. The number of hydrogen-bond donors (Lipinski definition) is 6. The van der Waals surface area contributed by atoms with Crippen LogP contribution in [0.5, 0.6) is 0 Å². The average molecular weight is 448 g/mol. The summed E-state index contributed by atoms with van der Waals surface area (Å²) < 4.78 is 17.8. The van der Waals surface area contributed by atoms with Crippen molar-refractivity contribution in [2.75, 3.05) is 0 Å². The molecule has 6 N–H and O–H groups in total. The number of phosphoric acid groups is 2. The van der Waals surface area contributed by atoms with Gasteiger partial charge in [0.15, 0.2) is 0 Å². The summed E-state index contributed by atoms with van der Waals surface area (Å²) in [7, 11) is -9.28. The Balaban J connectivity index is -0.0000000178. The number of rotatable bonds is 0. The monoisotopic (exact) mass is 444 g/mol. The van der Waals surface area contributed by atoms with E-state index in [4.69, 9.17) is 38.5 Å². The van der Waals surface area contributed by atoms with Gasteiger partial charge in [-0.3, -0.25) is 0 Å². The smallest absolute Gasteiger partial charge is 0.303 e. The molecule has 0 saturated carbocycles. The van der Waals surface area contributed by atoms with Crippen molar-refractivity contribution < 1.29 is 114 Å². The third-order valence-electron chi connectivity index (χ3n) is 0. The predicted octanol–water partition coefficient (Wildman–Crippen LogP) is -1.87. The maximum Gasteiger partial charge on any atom is 0.466 e. The van der Waals surface area contributed by atoms with Crippen molar-refractivity contribution in [2.24, 2.45) is 0 Å². The Morgan fingerprint density at radius 1 is 0.571 bits per heavy atom. The van der Waals surface area contributed by atoms with Gasteiger partial charge in [-0.1, -0.05) is 0 Å². The zero-order valence-corrected chi connectivity index (χ0v) is 18.7. The summed E-state index contributed by atoms with van der Waals surface area (Å²) in [6, 6.07) is 0. The van der Waals surface area contributed by atoms with Crippen LogP contribution in [0, 0.1) is 0 Å². The van der Waals surface area contributed by atoms with Crippen molar-refractivity contribution in [2.45, 2.75) is 0 Å². The van der Waals surface area contributed by atoms with E-state index >= 15 is 0 Å². The molecule has 78 valence electrons. The van der Waals surface area contributed by atoms with Gasteiger partial charge in [0.1, 0.15) is 0 Å². The van der Waals surface area contributed by atoms with Gasteiger partial charge in [0.25, 0.3) is 0 Å². The molecule has 0 heterocycles. The molecule has 14 heavy (non-hydrogen) atoms. The fourth-order valence-electron chi connectivity index (χ4n) is 0. The second-order valence-electron chi connectivity index (χ2n) is 1.03. The zero-order valence-electron chi connectivity index (χ0n) is 6.87. The molecule has 0 aromatic rings. The molecule has 0 aliphatic rings. The molecule has 0 bridgehead atoms. The van der Waals surface area contributed by atoms with Crippen LogP contribution in [0.4, 0.5) is 0 Å². The van der Waals surface area contributed by atoms with Crippen LogP contribution in [-0.2, 0) is 84.6 Å². The Hall–Kier alpha value is 2.61. The Kier molecular flexibility index (Phi) is 40.1. The summed E-state index contributed by atoms with van der Waals surface area (Å²) in [5.74, 6) is 0. The van der Waals surface area contributed by atoms with Gasteiger partial charge in [-0.05, 0) is 0 Å². The molecular weight excluding hydrogens is 442 g/mol. The third-order valence-corrected chi connectivity index (χ3v) is 0. The fourth-order valence-corrected chi connectivity index (χ4v) is 0. The molecule has 0 saturated heterocycles. The molecule has 0 radical (unpaired) electrons. The van der Waals surface area contributed by atoms with Crippen molar-refractivity contribution in [3.8, 4) is 0 Å². The standard InChI is InChI=1S/Fe.2H3O4P.3Zn/c;2*1-5(2,3)4;;;/h;2*(H3,1,2,3,4);;;. The van der Waals surface area contributed by atoms with Crippen LogP contribution in [0.3, 0.4) is 0 Å². The molecule has 0 fully saturated rings. The van der Waals surface area contributed by atoms with Gasteiger partial charge in [0.2, 0.25) is 0 Å². The van der Waals surface area contributed by atoms with E-state index in [0.717, 1.165) is 0 Å². The minimum absolute atomic E-state index is 0. The van der Waals surface area contributed by atoms with E-state index in [-0.39, 0.29) is 75.5 Å². The van der Waals surface area contributed by atoms with E-state index < -0.39 is 15.6 Å². The Bertz CT molecular complexity index is 135. The Morgan fingerprint density at radius 2 is 0.571 bits per heavy atom. The first kappa shape index (κ1) is 36.0. The average Bonchev–Trinajstić information content (AvgIpc) is 1.12. The van der Waals surface area contributed by atoms with E-state index in [9.17, 15) is 0 Å². The van der Waals surface area contributed by atoms with E-state index in [1.54, 1.807) is 0 Å². The molecule has 8 nitrogen and oxygen atoms in total. The molecule has 0 aliphatic carbocycles. The van der Waals surface area contributed by atoms with Crippen molar-refractivity contribution in [3.63, 3.8) is 0 Å². The fraction of sp³-hybridized carbons (Fsp3) is 0. The van der Waals surface area contributed by atoms with Crippen LogP contribution >= 0.6 is 15.6 Å². The third kappa shape index (κ3) is 397. The summed E-state index contributed by atoms with van der Waals surface area (Å²) in [6.45, 7) is 0. The number of hydrogen-bond acceptors (Lipinski definition) is 2. The van der Waals surface area contributed by atoms with Crippen LogP contribution in [0.15, 0.2) is 0 Å². The predicted molar refractivity (Wildman–Crippen MR) is 28.5 cm³/mol. The van der Waals surface area contributed by atoms with Crippen LogP contribution < -0.4 is 0 Å². The van der Waals surface area contributed by atoms with E-state index in [1.807, 2.05) is 0 Å². The first-order valence-electron chi connectivity index (χ1n) is 1.57. The van der Waals surface area contributed by atoms with E-state index in [0.29, 0.717) is 0 Å². The van der Waals surface area contributed by atoms with Crippen molar-refractivity contribution in [1.82, 2.24) is 0 Å². The molecular formula is H6FeO8P2Zn3. The van der Waals surface area contributed by atoms with Gasteiger partial charge in [0.05, 0.1) is 0 Å². The molecule has 0 rings (SSSR count). The van der Waals surface area contributed by atoms with Crippen LogP contribution in [0.25, 0.3) is 0 Å². The molecule has 0 aromatic carbocycles. The molecule has 0 unspecified atom stereocenters. The largest absolute Gasteiger partial charge is 0.466 e. The van der Waals surface area contributed by atoms with Gasteiger partial charge < -0.3 is 29.4 Å². The first-order chi connectivity index (χ1) is 4.00. The Labute approximate surface area is 128 Å². The summed E-state index contributed by atoms with van der Waals surface area (Å²) in [5, 5.41) is 0. The van der Waals surface area contributed by atoms with E-state index in [1.165, 1.54) is 0 Å². The normalized spacial score (nSPS) is 8.43. The second-order valence-corrected chi connectivity index (χ2v) is 3.08. The van der Waals surface area contributed by atoms with Gasteiger partial charge in [-0.25, -0.2) is 9.13 Å². The summed E-state index contributed by atoms with van der Waals surface area (Å²) in [4.78, 5) is 43.1. The Morgan fingerprint density at radius 3 is 0.571 bits per heavy atom. The van der Waals surface area contributed by atoms with Crippen LogP contribution in [0.1, 0.15) is 0 Å². The quantitative estimate of drug-likeness (QED) is 0.186. The molecule has 0 aliphatic heterocycles. The van der Waals surface area contributed by atoms with Gasteiger partial charge in [-0.2, -0.15) is 0 Å². The molecule has 0 spiro atoms. The van der Waals surface area contributed by atoms with Crippen molar-refractivity contribution in [3.05, 3.63) is 0 Å². The summed E-state index contributed by atoms with van der Waals surface area (Å²) >= 11 is 0. The molecule has 14 heteroatoms. The SMILES string of the molecule is O=P(O)(O)O.O=P(O)(O)O.[Fe].[Zn].[Zn].[Zn]. The van der Waals surface area contributed by atoms with Gasteiger partial charge in [-0.15, -0.1) is 0 Å². The second kappa shape index (κ2) is 15.6.